The van der Waals surface area contributed by atoms with Gasteiger partial charge in [-0.05, 0) is 52.0 Å². The van der Waals surface area contributed by atoms with Gasteiger partial charge < -0.3 is 29.9 Å². The number of aromatic nitrogens is 3. The number of nitriles is 1. The molecule has 0 saturated carbocycles. The summed E-state index contributed by atoms with van der Waals surface area (Å²) in [5, 5.41) is 38.6. The molecule has 4 rings (SSSR count). The number of para-hydroxylation sites is 1. The molecule has 0 radical (unpaired) electrons. The Kier molecular flexibility index (Phi) is 8.18. The number of benzene rings is 1. The summed E-state index contributed by atoms with van der Waals surface area (Å²) in [5.41, 5.74) is 2.73. The molecule has 2 unspecified atom stereocenters. The van der Waals surface area contributed by atoms with Crippen LogP contribution in [0.25, 0.3) is 5.52 Å². The number of anilines is 1. The molecule has 1 aliphatic heterocycles. The van der Waals surface area contributed by atoms with Crippen molar-refractivity contribution in [1.82, 2.24) is 19.7 Å². The minimum Gasteiger partial charge on any atom is -0.462 e. The van der Waals surface area contributed by atoms with Gasteiger partial charge in [-0.15, -0.1) is 0 Å². The molecule has 0 amide bonds. The monoisotopic (exact) mass is 574 g/mol. The number of hydrogen-bond donors (Lipinski definition) is 4. The van der Waals surface area contributed by atoms with Crippen LogP contribution in [-0.4, -0.2) is 67.3 Å². The Morgan fingerprint density at radius 3 is 2.65 bits per heavy atom. The molecule has 0 aliphatic carbocycles. The van der Waals surface area contributed by atoms with Crippen LogP contribution in [0.15, 0.2) is 48.8 Å². The highest BCUT2D eigenvalue weighted by Gasteiger charge is 2.58. The van der Waals surface area contributed by atoms with Gasteiger partial charge in [-0.25, -0.2) is 14.1 Å². The Hall–Kier alpha value is -3.57. The Morgan fingerprint density at radius 2 is 2.00 bits per heavy atom. The van der Waals surface area contributed by atoms with Crippen molar-refractivity contribution >= 4 is 25.1 Å². The third-order valence-electron chi connectivity index (χ3n) is 6.13. The van der Waals surface area contributed by atoms with Gasteiger partial charge in [0.25, 0.3) is 0 Å². The van der Waals surface area contributed by atoms with Gasteiger partial charge in [-0.1, -0.05) is 18.2 Å². The number of esters is 1. The summed E-state index contributed by atoms with van der Waals surface area (Å²) >= 11 is 0. The van der Waals surface area contributed by atoms with Crippen LogP contribution in [0.5, 0.6) is 5.75 Å². The van der Waals surface area contributed by atoms with Crippen molar-refractivity contribution < 1.29 is 38.1 Å². The van der Waals surface area contributed by atoms with Crippen LogP contribution in [-0.2, 0) is 29.0 Å². The van der Waals surface area contributed by atoms with Crippen molar-refractivity contribution in [2.24, 2.45) is 0 Å². The minimum atomic E-state index is -4.36. The molecule has 0 bridgehead atoms. The number of hydrogen-bond acceptors (Lipinski definition) is 12. The fourth-order valence-corrected chi connectivity index (χ4v) is 5.85. The number of ether oxygens (including phenoxy) is 2. The summed E-state index contributed by atoms with van der Waals surface area (Å²) in [6.07, 6.45) is -4.00. The zero-order valence-electron chi connectivity index (χ0n) is 22.3. The number of carbonyl (C=O) groups excluding carboxylic acids is 1. The van der Waals surface area contributed by atoms with Gasteiger partial charge in [0.15, 0.2) is 5.82 Å². The predicted molar refractivity (Wildman–Crippen MR) is 141 cm³/mol. The van der Waals surface area contributed by atoms with E-state index in [1.54, 1.807) is 38.1 Å². The largest absolute Gasteiger partial charge is 0.462 e. The molecule has 1 aromatic carbocycles. The third kappa shape index (κ3) is 5.66. The molecule has 0 spiro atoms. The van der Waals surface area contributed by atoms with Crippen molar-refractivity contribution in [2.75, 3.05) is 12.3 Å². The van der Waals surface area contributed by atoms with Crippen LogP contribution < -0.4 is 15.3 Å². The van der Waals surface area contributed by atoms with E-state index in [2.05, 4.69) is 15.2 Å². The Balaban J connectivity index is 1.60. The molecule has 1 aliphatic rings. The van der Waals surface area contributed by atoms with Crippen LogP contribution in [0, 0.1) is 11.3 Å². The predicted octanol–water partition coefficient (Wildman–Crippen LogP) is 1.67. The first-order chi connectivity index (χ1) is 18.8. The SMILES string of the molecule is CC(C)OC(=O)C(C)(C)NP(=O)(OCC1O[C@@](C#N)(c2ccc3c(N)ncnn23)[C@H](O)[C@@H]1O)Oc1ccccc1. The lowest BCUT2D eigenvalue weighted by molar-refractivity contribution is -0.153. The highest BCUT2D eigenvalue weighted by atomic mass is 31.2. The molecule has 15 heteroatoms. The van der Waals surface area contributed by atoms with E-state index in [1.807, 2.05) is 6.07 Å². The molecule has 2 aromatic heterocycles. The molecule has 1 saturated heterocycles. The number of nitrogen functional groups attached to an aromatic ring is 1. The van der Waals surface area contributed by atoms with E-state index in [0.717, 1.165) is 0 Å². The van der Waals surface area contributed by atoms with Crippen molar-refractivity contribution in [2.45, 2.75) is 63.3 Å². The summed E-state index contributed by atoms with van der Waals surface area (Å²) in [6.45, 7) is 5.63. The minimum absolute atomic E-state index is 0.0903. The van der Waals surface area contributed by atoms with Gasteiger partial charge in [0, 0.05) is 0 Å². The molecular weight excluding hydrogens is 543 g/mol. The molecule has 5 N–H and O–H groups in total. The number of nitrogens with two attached hydrogens (primary N) is 1. The third-order valence-corrected chi connectivity index (χ3v) is 7.91. The lowest BCUT2D eigenvalue weighted by Crippen LogP contribution is -2.48. The second kappa shape index (κ2) is 11.1. The molecule has 40 heavy (non-hydrogen) atoms. The van der Waals surface area contributed by atoms with E-state index in [0.29, 0.717) is 5.52 Å². The molecular formula is C25H31N6O8P. The summed E-state index contributed by atoms with van der Waals surface area (Å²) in [5.74, 6) is -0.408. The number of aliphatic hydroxyl groups is 2. The summed E-state index contributed by atoms with van der Waals surface area (Å²) in [6, 6.07) is 13.0. The normalized spacial score (nSPS) is 24.5. The maximum atomic E-state index is 13.9. The van der Waals surface area contributed by atoms with E-state index >= 15 is 0 Å². The lowest BCUT2D eigenvalue weighted by Gasteiger charge is -2.30. The number of aliphatic hydroxyl groups excluding tert-OH is 2. The highest BCUT2D eigenvalue weighted by molar-refractivity contribution is 7.52. The maximum absolute atomic E-state index is 13.9. The summed E-state index contributed by atoms with van der Waals surface area (Å²) in [4.78, 5) is 16.6. The van der Waals surface area contributed by atoms with E-state index in [4.69, 9.17) is 24.3 Å². The van der Waals surface area contributed by atoms with Gasteiger partial charge >= 0.3 is 13.7 Å². The Bertz CT molecular complexity index is 1460. The summed E-state index contributed by atoms with van der Waals surface area (Å²) in [7, 11) is -4.36. The van der Waals surface area contributed by atoms with Gasteiger partial charge in [0.1, 0.15) is 47.5 Å². The van der Waals surface area contributed by atoms with Crippen molar-refractivity contribution in [1.29, 1.82) is 5.26 Å². The number of nitrogens with zero attached hydrogens (tertiary/aromatic N) is 4. The van der Waals surface area contributed by atoms with Crippen molar-refractivity contribution in [3.8, 4) is 11.8 Å². The first-order valence-corrected chi connectivity index (χ1v) is 13.9. The number of fused-ring (bicyclic) bond motifs is 1. The topological polar surface area (TPSA) is 204 Å². The van der Waals surface area contributed by atoms with Crippen LogP contribution >= 0.6 is 7.75 Å². The van der Waals surface area contributed by atoms with Gasteiger partial charge in [0.2, 0.25) is 5.60 Å². The van der Waals surface area contributed by atoms with Crippen LogP contribution in [0.3, 0.4) is 0 Å². The molecule has 3 heterocycles. The molecule has 1 fully saturated rings. The van der Waals surface area contributed by atoms with Crippen LogP contribution in [0.2, 0.25) is 0 Å². The zero-order chi connectivity index (χ0) is 29.3. The zero-order valence-corrected chi connectivity index (χ0v) is 23.2. The average molecular weight is 575 g/mol. The standard InChI is InChI=1S/C25H31N6O8P/c1-15(2)37-23(34)24(3,4)30-40(35,39-16-8-6-5-7-9-16)36-12-18-20(32)21(33)25(13-26,38-18)19-11-10-17-22(27)28-14-29-31(17)19/h5-11,14-15,18,20-21,32-33H,12H2,1-4H3,(H,30,35)(H2,27,28,29)/t18?,20-,21-,25+,40?/m1/s1. The van der Waals surface area contributed by atoms with E-state index in [-0.39, 0.29) is 17.3 Å². The summed E-state index contributed by atoms with van der Waals surface area (Å²) < 4.78 is 37.7. The van der Waals surface area contributed by atoms with Crippen molar-refractivity contribution in [3.63, 3.8) is 0 Å². The number of carbonyl (C=O) groups is 1. The molecule has 214 valence electrons. The van der Waals surface area contributed by atoms with Crippen LogP contribution in [0.1, 0.15) is 33.4 Å². The second-order valence-electron chi connectivity index (χ2n) is 9.99. The average Bonchev–Trinajstić information content (AvgIpc) is 3.43. The molecule has 14 nitrogen and oxygen atoms in total. The fraction of sp³-hybridized carbons (Fsp3) is 0.440. The number of nitrogens with one attached hydrogen (secondary N) is 1. The fourth-order valence-electron chi connectivity index (χ4n) is 4.17. The Morgan fingerprint density at radius 1 is 1.30 bits per heavy atom. The van der Waals surface area contributed by atoms with E-state index in [1.165, 1.54) is 42.9 Å². The van der Waals surface area contributed by atoms with E-state index in [9.17, 15) is 24.8 Å². The smallest absolute Gasteiger partial charge is 0.459 e. The molecule has 3 aromatic rings. The van der Waals surface area contributed by atoms with Crippen molar-refractivity contribution in [3.05, 3.63) is 54.5 Å². The first-order valence-electron chi connectivity index (χ1n) is 12.4. The van der Waals surface area contributed by atoms with Crippen LogP contribution in [0.4, 0.5) is 5.82 Å². The van der Waals surface area contributed by atoms with Gasteiger partial charge in [0.05, 0.1) is 18.4 Å². The lowest BCUT2D eigenvalue weighted by atomic mass is 9.92. The van der Waals surface area contributed by atoms with E-state index < -0.39 is 55.9 Å². The molecule has 5 atom stereocenters. The number of rotatable bonds is 10. The van der Waals surface area contributed by atoms with Gasteiger partial charge in [-0.3, -0.25) is 9.32 Å². The van der Waals surface area contributed by atoms with Gasteiger partial charge in [-0.2, -0.15) is 15.4 Å². The quantitative estimate of drug-likeness (QED) is 0.201. The first kappa shape index (κ1) is 29.4. The highest BCUT2D eigenvalue weighted by Crippen LogP contribution is 2.48. The Labute approximate surface area is 230 Å². The maximum Gasteiger partial charge on any atom is 0.459 e. The second-order valence-corrected chi connectivity index (χ2v) is 11.6.